The van der Waals surface area contributed by atoms with Crippen LogP contribution in [0.15, 0.2) is 0 Å². The number of hydrogen-bond donors (Lipinski definition) is 0. The first-order chi connectivity index (χ1) is 4.14. The molecule has 0 bridgehead atoms. The van der Waals surface area contributed by atoms with Crippen LogP contribution in [0.25, 0.3) is 0 Å². The van der Waals surface area contributed by atoms with E-state index in [4.69, 9.17) is 4.74 Å². The van der Waals surface area contributed by atoms with Gasteiger partial charge in [-0.25, -0.2) is 0 Å². The molecule has 0 radical (unpaired) electrons. The minimum Gasteiger partial charge on any atom is -0.366 e. The number of hydrogen-bond acceptors (Lipinski definition) is 2. The molecule has 0 unspecified atom stereocenters. The fraction of sp³-hybridized carbons (Fsp3) is 1.00. The Morgan fingerprint density at radius 1 is 1.67 bits per heavy atom. The highest BCUT2D eigenvalue weighted by Crippen LogP contribution is 2.37. The summed E-state index contributed by atoms with van der Waals surface area (Å²) in [6, 6.07) is 0. The Morgan fingerprint density at radius 2 is 2.33 bits per heavy atom. The lowest BCUT2D eigenvalue weighted by Crippen LogP contribution is -2.13. The van der Waals surface area contributed by atoms with Gasteiger partial charge in [-0.2, -0.15) is 0 Å². The normalized spacial score (nSPS) is 33.0. The molecule has 0 aliphatic carbocycles. The molecule has 0 saturated carbocycles. The summed E-state index contributed by atoms with van der Waals surface area (Å²) in [6.45, 7) is 7.54. The topological polar surface area (TPSA) is 9.23 Å². The predicted molar refractivity (Wildman–Crippen MR) is 41.7 cm³/mol. The molecular weight excluding hydrogens is 132 g/mol. The smallest absolute Gasteiger partial charge is 0.103 e. The zero-order valence-corrected chi connectivity index (χ0v) is 7.12. The van der Waals surface area contributed by atoms with Crippen molar-refractivity contribution in [3.63, 3.8) is 0 Å². The van der Waals surface area contributed by atoms with Crippen molar-refractivity contribution in [2.45, 2.75) is 37.4 Å². The van der Waals surface area contributed by atoms with E-state index in [1.165, 1.54) is 0 Å². The molecule has 0 aromatic rings. The van der Waals surface area contributed by atoms with Gasteiger partial charge in [-0.1, -0.05) is 6.92 Å². The van der Waals surface area contributed by atoms with Gasteiger partial charge in [0.25, 0.3) is 0 Å². The van der Waals surface area contributed by atoms with Crippen molar-refractivity contribution < 1.29 is 4.74 Å². The molecule has 1 nitrogen and oxygen atoms in total. The van der Waals surface area contributed by atoms with Gasteiger partial charge in [0, 0.05) is 4.75 Å². The van der Waals surface area contributed by atoms with Gasteiger partial charge >= 0.3 is 0 Å². The number of ether oxygens (including phenoxy) is 1. The molecule has 1 atom stereocenters. The first-order valence-corrected chi connectivity index (χ1v) is 4.31. The first-order valence-electron chi connectivity index (χ1n) is 3.43. The van der Waals surface area contributed by atoms with Crippen LogP contribution in [0, 0.1) is 0 Å². The Morgan fingerprint density at radius 3 is 2.56 bits per heavy atom. The monoisotopic (exact) mass is 146 g/mol. The summed E-state index contributed by atoms with van der Waals surface area (Å²) in [6.07, 6.45) is 1.13. The van der Waals surface area contributed by atoms with Crippen molar-refractivity contribution in [3.05, 3.63) is 0 Å². The molecule has 1 saturated heterocycles. The maximum absolute atomic E-state index is 5.48. The second-order valence-electron chi connectivity index (χ2n) is 3.03. The zero-order chi connectivity index (χ0) is 6.91. The summed E-state index contributed by atoms with van der Waals surface area (Å²) in [7, 11) is 0. The van der Waals surface area contributed by atoms with E-state index in [1.54, 1.807) is 0 Å². The molecule has 9 heavy (non-hydrogen) atoms. The van der Waals surface area contributed by atoms with Crippen LogP contribution in [-0.4, -0.2) is 16.8 Å². The molecule has 0 spiro atoms. The van der Waals surface area contributed by atoms with Crippen LogP contribution in [0.5, 0.6) is 0 Å². The third kappa shape index (κ3) is 1.87. The Kier molecular flexibility index (Phi) is 2.07. The fourth-order valence-corrected chi connectivity index (χ4v) is 2.07. The van der Waals surface area contributed by atoms with Gasteiger partial charge < -0.3 is 4.74 Å². The maximum Gasteiger partial charge on any atom is 0.103 e. The maximum atomic E-state index is 5.48. The lowest BCUT2D eigenvalue weighted by Gasteiger charge is -2.12. The average Bonchev–Trinajstić information content (AvgIpc) is 2.10. The van der Waals surface area contributed by atoms with Crippen LogP contribution in [-0.2, 0) is 4.74 Å². The molecule has 1 rings (SSSR count). The largest absolute Gasteiger partial charge is 0.366 e. The summed E-state index contributed by atoms with van der Waals surface area (Å²) in [5, 5.41) is 0. The highest BCUT2D eigenvalue weighted by atomic mass is 32.2. The second kappa shape index (κ2) is 2.51. The molecule has 1 heterocycles. The van der Waals surface area contributed by atoms with Gasteiger partial charge in [0.15, 0.2) is 0 Å². The van der Waals surface area contributed by atoms with Crippen molar-refractivity contribution in [3.8, 4) is 0 Å². The van der Waals surface area contributed by atoms with Gasteiger partial charge in [0.2, 0.25) is 0 Å². The summed E-state index contributed by atoms with van der Waals surface area (Å²) < 4.78 is 5.84. The molecule has 0 aromatic heterocycles. The Balaban J connectivity index is 2.38. The van der Waals surface area contributed by atoms with Crippen LogP contribution in [0.4, 0.5) is 0 Å². The lowest BCUT2D eigenvalue weighted by atomic mass is 10.2. The SMILES string of the molecule is CC[C@@H]1OCC(C)(C)S1. The molecule has 0 aromatic carbocycles. The van der Waals surface area contributed by atoms with Crippen molar-refractivity contribution >= 4 is 11.8 Å². The Hall–Kier alpha value is 0.310. The van der Waals surface area contributed by atoms with E-state index < -0.39 is 0 Å². The molecule has 1 fully saturated rings. The van der Waals surface area contributed by atoms with Gasteiger partial charge in [-0.3, -0.25) is 0 Å². The fourth-order valence-electron chi connectivity index (χ4n) is 0.919. The second-order valence-corrected chi connectivity index (χ2v) is 4.89. The predicted octanol–water partition coefficient (Wildman–Crippen LogP) is 2.26. The van der Waals surface area contributed by atoms with Gasteiger partial charge in [0.05, 0.1) is 6.61 Å². The van der Waals surface area contributed by atoms with E-state index in [9.17, 15) is 0 Å². The van der Waals surface area contributed by atoms with E-state index in [1.807, 2.05) is 11.8 Å². The highest BCUT2D eigenvalue weighted by Gasteiger charge is 2.31. The minimum absolute atomic E-state index is 0.362. The van der Waals surface area contributed by atoms with E-state index in [2.05, 4.69) is 20.8 Å². The Bertz CT molecular complexity index is 101. The summed E-state index contributed by atoms with van der Waals surface area (Å²) in [5.41, 5.74) is 0.458. The van der Waals surface area contributed by atoms with E-state index >= 15 is 0 Å². The van der Waals surface area contributed by atoms with Gasteiger partial charge in [-0.15, -0.1) is 11.8 Å². The van der Waals surface area contributed by atoms with E-state index in [0.717, 1.165) is 13.0 Å². The van der Waals surface area contributed by atoms with Crippen LogP contribution >= 0.6 is 11.8 Å². The minimum atomic E-state index is 0.362. The zero-order valence-electron chi connectivity index (χ0n) is 6.31. The Labute approximate surface area is 61.2 Å². The summed E-state index contributed by atoms with van der Waals surface area (Å²) >= 11 is 1.95. The van der Waals surface area contributed by atoms with Crippen molar-refractivity contribution in [2.75, 3.05) is 6.61 Å². The van der Waals surface area contributed by atoms with Crippen LogP contribution in [0.1, 0.15) is 27.2 Å². The first kappa shape index (κ1) is 7.42. The number of thioether (sulfide) groups is 1. The van der Waals surface area contributed by atoms with Crippen LogP contribution in [0.3, 0.4) is 0 Å². The lowest BCUT2D eigenvalue weighted by molar-refractivity contribution is 0.120. The van der Waals surface area contributed by atoms with Gasteiger partial charge in [0.1, 0.15) is 5.44 Å². The average molecular weight is 146 g/mol. The van der Waals surface area contributed by atoms with E-state index in [-0.39, 0.29) is 0 Å². The molecule has 2 heteroatoms. The summed E-state index contributed by atoms with van der Waals surface area (Å²) in [4.78, 5) is 0. The molecule has 0 amide bonds. The molecule has 0 N–H and O–H groups in total. The molecular formula is C7H14OS. The molecule has 1 aliphatic heterocycles. The van der Waals surface area contributed by atoms with Crippen molar-refractivity contribution in [2.24, 2.45) is 0 Å². The van der Waals surface area contributed by atoms with Crippen LogP contribution in [0.2, 0.25) is 0 Å². The third-order valence-electron chi connectivity index (χ3n) is 1.40. The molecule has 1 aliphatic rings. The van der Waals surface area contributed by atoms with E-state index in [0.29, 0.717) is 10.2 Å². The van der Waals surface area contributed by atoms with Gasteiger partial charge in [-0.05, 0) is 20.3 Å². The molecule has 54 valence electrons. The summed E-state index contributed by atoms with van der Waals surface area (Å²) in [5.74, 6) is 0. The van der Waals surface area contributed by atoms with Crippen molar-refractivity contribution in [1.29, 1.82) is 0 Å². The highest BCUT2D eigenvalue weighted by molar-refractivity contribution is 8.01. The van der Waals surface area contributed by atoms with Crippen LogP contribution < -0.4 is 0 Å². The number of rotatable bonds is 1. The quantitative estimate of drug-likeness (QED) is 0.561. The third-order valence-corrected chi connectivity index (χ3v) is 2.89. The van der Waals surface area contributed by atoms with Crippen molar-refractivity contribution in [1.82, 2.24) is 0 Å². The standard InChI is InChI=1S/C7H14OS/c1-4-6-8-5-7(2,3)9-6/h6H,4-5H2,1-3H3/t6-/m1/s1.